The van der Waals surface area contributed by atoms with Crippen LogP contribution in [-0.4, -0.2) is 29.6 Å². The van der Waals surface area contributed by atoms with Crippen LogP contribution in [-0.2, 0) is 0 Å². The van der Waals surface area contributed by atoms with Gasteiger partial charge in [0.2, 0.25) is 0 Å². The molecule has 1 aromatic carbocycles. The molecule has 106 valence electrons. The molecule has 1 aliphatic heterocycles. The van der Waals surface area contributed by atoms with Crippen LogP contribution in [0.2, 0.25) is 0 Å². The molecule has 1 saturated heterocycles. The van der Waals surface area contributed by atoms with E-state index in [1.54, 1.807) is 6.20 Å². The molecule has 0 spiro atoms. The molecular formula is C16H19FN2S. The summed E-state index contributed by atoms with van der Waals surface area (Å²) in [4.78, 5) is 6.73. The van der Waals surface area contributed by atoms with Gasteiger partial charge in [-0.2, -0.15) is 11.8 Å². The average Bonchev–Trinajstić information content (AvgIpc) is 2.71. The summed E-state index contributed by atoms with van der Waals surface area (Å²) < 4.78 is 13.3. The molecule has 2 aromatic rings. The fraction of sp³-hybridized carbons (Fsp3) is 0.438. The first-order valence-corrected chi connectivity index (χ1v) is 8.39. The lowest BCUT2D eigenvalue weighted by Crippen LogP contribution is -2.29. The fourth-order valence-corrected chi connectivity index (χ4v) is 3.63. The molecule has 2 nitrogen and oxygen atoms in total. The largest absolute Gasteiger partial charge is 0.370 e. The Morgan fingerprint density at radius 2 is 2.20 bits per heavy atom. The van der Waals surface area contributed by atoms with Crippen molar-refractivity contribution in [2.24, 2.45) is 0 Å². The SMILES string of the molecule is CSC1CCCCN(c2ccnc3cc(F)ccc23)C1. The van der Waals surface area contributed by atoms with Gasteiger partial charge in [-0.1, -0.05) is 6.42 Å². The predicted molar refractivity (Wildman–Crippen MR) is 85.1 cm³/mol. The predicted octanol–water partition coefficient (Wildman–Crippen LogP) is 4.10. The van der Waals surface area contributed by atoms with Crippen LogP contribution in [0, 0.1) is 5.82 Å². The Hall–Kier alpha value is -1.29. The van der Waals surface area contributed by atoms with Gasteiger partial charge >= 0.3 is 0 Å². The summed E-state index contributed by atoms with van der Waals surface area (Å²) in [6.07, 6.45) is 7.78. The number of benzene rings is 1. The van der Waals surface area contributed by atoms with Crippen molar-refractivity contribution < 1.29 is 4.39 Å². The van der Waals surface area contributed by atoms with Gasteiger partial charge in [0.05, 0.1) is 5.52 Å². The first kappa shape index (κ1) is 13.7. The van der Waals surface area contributed by atoms with Gasteiger partial charge < -0.3 is 4.90 Å². The van der Waals surface area contributed by atoms with Gasteiger partial charge in [0.25, 0.3) is 0 Å². The number of hydrogen-bond acceptors (Lipinski definition) is 3. The van der Waals surface area contributed by atoms with Gasteiger partial charge in [-0.05, 0) is 37.3 Å². The highest BCUT2D eigenvalue weighted by Gasteiger charge is 2.19. The van der Waals surface area contributed by atoms with Crippen molar-refractivity contribution in [2.75, 3.05) is 24.2 Å². The zero-order valence-electron chi connectivity index (χ0n) is 11.7. The molecule has 0 saturated carbocycles. The molecular weight excluding hydrogens is 271 g/mol. The van der Waals surface area contributed by atoms with Crippen molar-refractivity contribution in [2.45, 2.75) is 24.5 Å². The standard InChI is InChI=1S/C16H19FN2S/c1-20-13-4-2-3-9-19(11-13)16-7-8-18-15-10-12(17)5-6-14(15)16/h5-8,10,13H,2-4,9,11H2,1H3. The van der Waals surface area contributed by atoms with Crippen LogP contribution in [0.1, 0.15) is 19.3 Å². The minimum absolute atomic E-state index is 0.222. The summed E-state index contributed by atoms with van der Waals surface area (Å²) in [5.41, 5.74) is 1.93. The lowest BCUT2D eigenvalue weighted by Gasteiger charge is -2.26. The van der Waals surface area contributed by atoms with E-state index in [-0.39, 0.29) is 5.82 Å². The maximum Gasteiger partial charge on any atom is 0.125 e. The lowest BCUT2D eigenvalue weighted by atomic mass is 10.1. The average molecular weight is 290 g/mol. The summed E-state index contributed by atoms with van der Waals surface area (Å²) in [6.45, 7) is 2.14. The monoisotopic (exact) mass is 290 g/mol. The number of nitrogens with zero attached hydrogens (tertiary/aromatic N) is 2. The molecule has 0 amide bonds. The molecule has 20 heavy (non-hydrogen) atoms. The Bertz CT molecular complexity index is 602. The number of rotatable bonds is 2. The topological polar surface area (TPSA) is 16.1 Å². The van der Waals surface area contributed by atoms with E-state index >= 15 is 0 Å². The number of thioether (sulfide) groups is 1. The second kappa shape index (κ2) is 6.00. The maximum atomic E-state index is 13.3. The second-order valence-corrected chi connectivity index (χ2v) is 6.43. The molecule has 3 rings (SSSR count). The zero-order valence-corrected chi connectivity index (χ0v) is 12.5. The molecule has 0 N–H and O–H groups in total. The number of pyridine rings is 1. The number of anilines is 1. The normalized spacial score (nSPS) is 20.1. The third kappa shape index (κ3) is 2.75. The van der Waals surface area contributed by atoms with E-state index in [2.05, 4.69) is 22.2 Å². The summed E-state index contributed by atoms with van der Waals surface area (Å²) in [7, 11) is 0. The van der Waals surface area contributed by atoms with E-state index in [9.17, 15) is 4.39 Å². The number of fused-ring (bicyclic) bond motifs is 1. The molecule has 1 unspecified atom stereocenters. The van der Waals surface area contributed by atoms with Gasteiger partial charge in [0.1, 0.15) is 5.82 Å². The first-order valence-electron chi connectivity index (χ1n) is 7.10. The highest BCUT2D eigenvalue weighted by atomic mass is 32.2. The van der Waals surface area contributed by atoms with E-state index in [1.807, 2.05) is 17.8 Å². The quantitative estimate of drug-likeness (QED) is 0.828. The number of aromatic nitrogens is 1. The maximum absolute atomic E-state index is 13.3. The van der Waals surface area contributed by atoms with E-state index in [4.69, 9.17) is 0 Å². The Labute approximate surface area is 123 Å². The van der Waals surface area contributed by atoms with Gasteiger partial charge in [-0.25, -0.2) is 4.39 Å². The molecule has 4 heteroatoms. The smallest absolute Gasteiger partial charge is 0.125 e. The van der Waals surface area contributed by atoms with Gasteiger partial charge in [0.15, 0.2) is 0 Å². The van der Waals surface area contributed by atoms with Crippen molar-refractivity contribution in [3.05, 3.63) is 36.3 Å². The van der Waals surface area contributed by atoms with E-state index in [0.717, 1.165) is 24.0 Å². The van der Waals surface area contributed by atoms with Crippen LogP contribution in [0.5, 0.6) is 0 Å². The van der Waals surface area contributed by atoms with Crippen LogP contribution in [0.4, 0.5) is 10.1 Å². The molecule has 1 atom stereocenters. The third-order valence-electron chi connectivity index (χ3n) is 3.98. The minimum atomic E-state index is -0.222. The van der Waals surface area contributed by atoms with Crippen LogP contribution < -0.4 is 4.90 Å². The van der Waals surface area contributed by atoms with E-state index in [0.29, 0.717) is 5.25 Å². The Kier molecular flexibility index (Phi) is 4.10. The molecule has 1 fully saturated rings. The highest BCUT2D eigenvalue weighted by molar-refractivity contribution is 7.99. The molecule has 0 bridgehead atoms. The lowest BCUT2D eigenvalue weighted by molar-refractivity contribution is 0.629. The highest BCUT2D eigenvalue weighted by Crippen LogP contribution is 2.30. The molecule has 1 aromatic heterocycles. The van der Waals surface area contributed by atoms with Crippen molar-refractivity contribution in [1.29, 1.82) is 0 Å². The van der Waals surface area contributed by atoms with Gasteiger partial charge in [-0.3, -0.25) is 4.98 Å². The first-order chi connectivity index (χ1) is 9.78. The molecule has 0 radical (unpaired) electrons. The molecule has 0 aliphatic carbocycles. The van der Waals surface area contributed by atoms with E-state index in [1.165, 1.54) is 37.1 Å². The third-order valence-corrected chi connectivity index (χ3v) is 5.04. The van der Waals surface area contributed by atoms with Crippen LogP contribution in [0.15, 0.2) is 30.5 Å². The van der Waals surface area contributed by atoms with Crippen LogP contribution >= 0.6 is 11.8 Å². The van der Waals surface area contributed by atoms with E-state index < -0.39 is 0 Å². The molecule has 2 heterocycles. The van der Waals surface area contributed by atoms with Crippen molar-refractivity contribution in [1.82, 2.24) is 4.98 Å². The summed E-state index contributed by atoms with van der Waals surface area (Å²) in [5.74, 6) is -0.222. The van der Waals surface area contributed by atoms with Crippen LogP contribution in [0.25, 0.3) is 10.9 Å². The number of hydrogen-bond donors (Lipinski definition) is 0. The Morgan fingerprint density at radius 3 is 3.05 bits per heavy atom. The Morgan fingerprint density at radius 1 is 1.30 bits per heavy atom. The Balaban J connectivity index is 2.00. The summed E-state index contributed by atoms with van der Waals surface area (Å²) >= 11 is 1.95. The van der Waals surface area contributed by atoms with Gasteiger partial charge in [0, 0.05) is 41.7 Å². The number of halogens is 1. The fourth-order valence-electron chi connectivity index (χ4n) is 2.90. The summed E-state index contributed by atoms with van der Waals surface area (Å²) in [5, 5.41) is 1.73. The van der Waals surface area contributed by atoms with Gasteiger partial charge in [-0.15, -0.1) is 0 Å². The summed E-state index contributed by atoms with van der Waals surface area (Å²) in [6, 6.07) is 6.95. The minimum Gasteiger partial charge on any atom is -0.370 e. The van der Waals surface area contributed by atoms with Crippen molar-refractivity contribution >= 4 is 28.4 Å². The van der Waals surface area contributed by atoms with Crippen molar-refractivity contribution in [3.8, 4) is 0 Å². The second-order valence-electron chi connectivity index (χ2n) is 5.29. The van der Waals surface area contributed by atoms with Crippen molar-refractivity contribution in [3.63, 3.8) is 0 Å². The van der Waals surface area contributed by atoms with Crippen LogP contribution in [0.3, 0.4) is 0 Å². The zero-order chi connectivity index (χ0) is 13.9. The molecule has 1 aliphatic rings.